The number of aromatic nitrogens is 2. The number of piperidine rings is 1. The molecule has 1 fully saturated rings. The van der Waals surface area contributed by atoms with Crippen LogP contribution in [-0.4, -0.2) is 52.1 Å². The van der Waals surface area contributed by atoms with Crippen LogP contribution in [0.4, 0.5) is 0 Å². The molecule has 0 spiro atoms. The van der Waals surface area contributed by atoms with Crippen molar-refractivity contribution in [2.75, 3.05) is 26.2 Å². The summed E-state index contributed by atoms with van der Waals surface area (Å²) < 4.78 is 7.57. The molecule has 132 valence electrons. The van der Waals surface area contributed by atoms with Crippen molar-refractivity contribution in [3.8, 4) is 11.8 Å². The van der Waals surface area contributed by atoms with Crippen LogP contribution in [0.15, 0.2) is 36.5 Å². The summed E-state index contributed by atoms with van der Waals surface area (Å²) >= 11 is 0. The quantitative estimate of drug-likeness (QED) is 0.869. The Kier molecular flexibility index (Phi) is 5.69. The normalized spacial score (nSPS) is 17.2. The minimum Gasteiger partial charge on any atom is -0.491 e. The van der Waals surface area contributed by atoms with Gasteiger partial charge in [0.1, 0.15) is 18.5 Å². The van der Waals surface area contributed by atoms with Crippen molar-refractivity contribution < 1.29 is 9.84 Å². The average molecular weight is 340 g/mol. The summed E-state index contributed by atoms with van der Waals surface area (Å²) in [6.45, 7) is 2.83. The molecule has 25 heavy (non-hydrogen) atoms. The van der Waals surface area contributed by atoms with E-state index < -0.39 is 6.10 Å². The van der Waals surface area contributed by atoms with E-state index in [1.165, 1.54) is 5.69 Å². The first kappa shape index (κ1) is 17.5. The Morgan fingerprint density at radius 1 is 1.28 bits per heavy atom. The van der Waals surface area contributed by atoms with Crippen molar-refractivity contribution in [3.63, 3.8) is 0 Å². The standard InChI is InChI=1S/C19H24N4O2/c1-22-19(6-9-21-22)16-7-10-23(11-8-16)13-17(24)14-25-18-4-2-15(12-20)3-5-18/h2-6,9,16-17,24H,7-8,10-11,13-14H2,1H3. The van der Waals surface area contributed by atoms with Crippen LogP contribution in [0.25, 0.3) is 0 Å². The zero-order chi connectivity index (χ0) is 17.6. The highest BCUT2D eigenvalue weighted by atomic mass is 16.5. The third-order valence-electron chi connectivity index (χ3n) is 4.76. The highest BCUT2D eigenvalue weighted by Crippen LogP contribution is 2.27. The molecule has 0 saturated carbocycles. The third-order valence-corrected chi connectivity index (χ3v) is 4.76. The van der Waals surface area contributed by atoms with E-state index in [1.807, 2.05) is 17.9 Å². The van der Waals surface area contributed by atoms with Crippen LogP contribution in [0.3, 0.4) is 0 Å². The van der Waals surface area contributed by atoms with Crippen molar-refractivity contribution >= 4 is 0 Å². The first-order valence-electron chi connectivity index (χ1n) is 8.67. The smallest absolute Gasteiger partial charge is 0.119 e. The van der Waals surface area contributed by atoms with Gasteiger partial charge in [0.2, 0.25) is 0 Å². The zero-order valence-electron chi connectivity index (χ0n) is 14.5. The van der Waals surface area contributed by atoms with Gasteiger partial charge in [-0.15, -0.1) is 0 Å². The number of nitrogens with zero attached hydrogens (tertiary/aromatic N) is 4. The van der Waals surface area contributed by atoms with Crippen LogP contribution in [0, 0.1) is 11.3 Å². The van der Waals surface area contributed by atoms with Gasteiger partial charge in [0.05, 0.1) is 11.6 Å². The molecule has 0 amide bonds. The molecular formula is C19H24N4O2. The van der Waals surface area contributed by atoms with Gasteiger partial charge in [-0.1, -0.05) is 0 Å². The largest absolute Gasteiger partial charge is 0.491 e. The van der Waals surface area contributed by atoms with Crippen molar-refractivity contribution in [2.45, 2.75) is 24.9 Å². The predicted molar refractivity (Wildman–Crippen MR) is 94.3 cm³/mol. The van der Waals surface area contributed by atoms with E-state index in [4.69, 9.17) is 10.00 Å². The Balaban J connectivity index is 1.41. The van der Waals surface area contributed by atoms with Gasteiger partial charge in [0.15, 0.2) is 0 Å². The van der Waals surface area contributed by atoms with E-state index >= 15 is 0 Å². The molecule has 2 aromatic rings. The number of hydrogen-bond acceptors (Lipinski definition) is 5. The SMILES string of the molecule is Cn1nccc1C1CCN(CC(O)COc2ccc(C#N)cc2)CC1. The molecule has 0 bridgehead atoms. The van der Waals surface area contributed by atoms with E-state index in [9.17, 15) is 5.11 Å². The summed E-state index contributed by atoms with van der Waals surface area (Å²) in [5, 5.41) is 23.3. The Labute approximate surface area is 148 Å². The Morgan fingerprint density at radius 2 is 2.00 bits per heavy atom. The summed E-state index contributed by atoms with van der Waals surface area (Å²) in [5.41, 5.74) is 1.90. The number of β-amino-alcohol motifs (C(OH)–C–C–N with tert-alkyl or cyclic N) is 1. The number of nitriles is 1. The van der Waals surface area contributed by atoms with Crippen LogP contribution in [0.1, 0.15) is 30.0 Å². The van der Waals surface area contributed by atoms with Crippen LogP contribution in [0.5, 0.6) is 5.75 Å². The molecule has 1 unspecified atom stereocenters. The maximum atomic E-state index is 10.2. The first-order valence-corrected chi connectivity index (χ1v) is 8.67. The Morgan fingerprint density at radius 3 is 2.60 bits per heavy atom. The number of aryl methyl sites for hydroxylation is 1. The van der Waals surface area contributed by atoms with Gasteiger partial charge in [0.25, 0.3) is 0 Å². The maximum absolute atomic E-state index is 10.2. The van der Waals surface area contributed by atoms with Crippen molar-refractivity contribution in [2.24, 2.45) is 7.05 Å². The van der Waals surface area contributed by atoms with Crippen LogP contribution in [-0.2, 0) is 7.05 Å². The van der Waals surface area contributed by atoms with Gasteiger partial charge < -0.3 is 14.7 Å². The van der Waals surface area contributed by atoms with Crippen LogP contribution in [0.2, 0.25) is 0 Å². The summed E-state index contributed by atoms with van der Waals surface area (Å²) in [7, 11) is 1.99. The predicted octanol–water partition coefficient (Wildman–Crippen LogP) is 1.91. The molecule has 1 aromatic carbocycles. The third kappa shape index (κ3) is 4.59. The lowest BCUT2D eigenvalue weighted by Gasteiger charge is -2.33. The van der Waals surface area contributed by atoms with Crippen molar-refractivity contribution in [1.29, 1.82) is 5.26 Å². The van der Waals surface area contributed by atoms with Crippen LogP contribution >= 0.6 is 0 Å². The average Bonchev–Trinajstić information content (AvgIpc) is 3.07. The summed E-state index contributed by atoms with van der Waals surface area (Å²) in [6.07, 6.45) is 3.50. The molecule has 2 heterocycles. The van der Waals surface area contributed by atoms with E-state index in [0.717, 1.165) is 25.9 Å². The van der Waals surface area contributed by atoms with Crippen molar-refractivity contribution in [1.82, 2.24) is 14.7 Å². The summed E-state index contributed by atoms with van der Waals surface area (Å²) in [6, 6.07) is 11.1. The number of aliphatic hydroxyl groups excluding tert-OH is 1. The summed E-state index contributed by atoms with van der Waals surface area (Å²) in [4.78, 5) is 2.29. The lowest BCUT2D eigenvalue weighted by molar-refractivity contribution is 0.0591. The monoisotopic (exact) mass is 340 g/mol. The number of aliphatic hydroxyl groups is 1. The molecule has 1 aliphatic rings. The molecular weight excluding hydrogens is 316 g/mol. The van der Waals surface area contributed by atoms with Gasteiger partial charge in [-0.05, 0) is 56.3 Å². The molecule has 3 rings (SSSR count). The minimum atomic E-state index is -0.524. The molecule has 1 saturated heterocycles. The summed E-state index contributed by atoms with van der Waals surface area (Å²) in [5.74, 6) is 1.23. The van der Waals surface area contributed by atoms with Gasteiger partial charge in [0, 0.05) is 31.4 Å². The lowest BCUT2D eigenvalue weighted by Crippen LogP contribution is -2.40. The molecule has 0 radical (unpaired) electrons. The van der Waals surface area contributed by atoms with Gasteiger partial charge >= 0.3 is 0 Å². The second kappa shape index (κ2) is 8.15. The van der Waals surface area contributed by atoms with Crippen molar-refractivity contribution in [3.05, 3.63) is 47.8 Å². The second-order valence-electron chi connectivity index (χ2n) is 6.56. The lowest BCUT2D eigenvalue weighted by atomic mass is 9.93. The highest BCUT2D eigenvalue weighted by Gasteiger charge is 2.23. The number of ether oxygens (including phenoxy) is 1. The Bertz CT molecular complexity index is 712. The first-order chi connectivity index (χ1) is 12.2. The van der Waals surface area contributed by atoms with E-state index in [-0.39, 0.29) is 6.61 Å². The molecule has 6 heteroatoms. The van der Waals surface area contributed by atoms with Gasteiger partial charge in [-0.3, -0.25) is 4.68 Å². The fraction of sp³-hybridized carbons (Fsp3) is 0.474. The number of hydrogen-bond donors (Lipinski definition) is 1. The molecule has 6 nitrogen and oxygen atoms in total. The number of benzene rings is 1. The highest BCUT2D eigenvalue weighted by molar-refractivity contribution is 5.34. The topological polar surface area (TPSA) is 74.3 Å². The molecule has 1 aromatic heterocycles. The van der Waals surface area contributed by atoms with E-state index in [2.05, 4.69) is 22.1 Å². The fourth-order valence-electron chi connectivity index (χ4n) is 3.36. The van der Waals surface area contributed by atoms with E-state index in [0.29, 0.717) is 23.8 Å². The zero-order valence-corrected chi connectivity index (χ0v) is 14.5. The van der Waals surface area contributed by atoms with Gasteiger partial charge in [-0.25, -0.2) is 0 Å². The molecule has 1 aliphatic heterocycles. The number of likely N-dealkylation sites (tertiary alicyclic amines) is 1. The van der Waals surface area contributed by atoms with E-state index in [1.54, 1.807) is 24.3 Å². The second-order valence-corrected chi connectivity index (χ2v) is 6.56. The molecule has 1 atom stereocenters. The minimum absolute atomic E-state index is 0.257. The molecule has 0 aliphatic carbocycles. The molecule has 1 N–H and O–H groups in total. The Hall–Kier alpha value is -2.36. The number of rotatable bonds is 6. The van der Waals surface area contributed by atoms with Crippen LogP contribution < -0.4 is 4.74 Å². The maximum Gasteiger partial charge on any atom is 0.119 e. The van der Waals surface area contributed by atoms with Gasteiger partial charge in [-0.2, -0.15) is 10.4 Å². The fourth-order valence-corrected chi connectivity index (χ4v) is 3.36.